The average Bonchev–Trinajstić information content (AvgIpc) is 3.11. The van der Waals surface area contributed by atoms with Crippen LogP contribution in [0.2, 0.25) is 0 Å². The SMILES string of the molecule is CCNCc1cccc(OCCC2CC2)c1. The molecule has 0 atom stereocenters. The third-order valence-electron chi connectivity index (χ3n) is 2.97. The van der Waals surface area contributed by atoms with Crippen molar-refractivity contribution in [3.8, 4) is 5.75 Å². The zero-order valence-corrected chi connectivity index (χ0v) is 10.0. The van der Waals surface area contributed by atoms with Gasteiger partial charge in [0.15, 0.2) is 0 Å². The molecule has 0 unspecified atom stereocenters. The first kappa shape index (κ1) is 11.5. The predicted molar refractivity (Wildman–Crippen MR) is 66.7 cm³/mol. The van der Waals surface area contributed by atoms with Crippen LogP contribution in [-0.4, -0.2) is 13.2 Å². The molecule has 1 aromatic carbocycles. The maximum Gasteiger partial charge on any atom is 0.119 e. The molecule has 0 aliphatic heterocycles. The number of hydrogen-bond donors (Lipinski definition) is 1. The summed E-state index contributed by atoms with van der Waals surface area (Å²) in [5, 5.41) is 3.32. The van der Waals surface area contributed by atoms with E-state index in [0.29, 0.717) is 0 Å². The molecule has 0 spiro atoms. The normalized spacial score (nSPS) is 15.1. The molecule has 1 N–H and O–H groups in total. The number of hydrogen-bond acceptors (Lipinski definition) is 2. The number of benzene rings is 1. The van der Waals surface area contributed by atoms with Crippen molar-refractivity contribution in [2.45, 2.75) is 32.7 Å². The zero-order chi connectivity index (χ0) is 11.2. The van der Waals surface area contributed by atoms with Crippen LogP contribution in [0.1, 0.15) is 31.7 Å². The Labute approximate surface area is 98.0 Å². The Morgan fingerprint density at radius 1 is 1.38 bits per heavy atom. The van der Waals surface area contributed by atoms with Crippen molar-refractivity contribution < 1.29 is 4.74 Å². The molecule has 0 radical (unpaired) electrons. The second kappa shape index (κ2) is 5.90. The maximum atomic E-state index is 5.75. The molecule has 88 valence electrons. The van der Waals surface area contributed by atoms with Crippen molar-refractivity contribution in [1.29, 1.82) is 0 Å². The first-order chi connectivity index (χ1) is 7.88. The van der Waals surface area contributed by atoms with Crippen molar-refractivity contribution >= 4 is 0 Å². The van der Waals surface area contributed by atoms with Crippen LogP contribution in [0.15, 0.2) is 24.3 Å². The minimum absolute atomic E-state index is 0.870. The third kappa shape index (κ3) is 3.86. The van der Waals surface area contributed by atoms with Crippen molar-refractivity contribution in [2.75, 3.05) is 13.2 Å². The van der Waals surface area contributed by atoms with Gasteiger partial charge in [0.25, 0.3) is 0 Å². The van der Waals surface area contributed by atoms with E-state index < -0.39 is 0 Å². The van der Waals surface area contributed by atoms with Gasteiger partial charge in [-0.1, -0.05) is 31.9 Å². The van der Waals surface area contributed by atoms with Crippen LogP contribution in [0.3, 0.4) is 0 Å². The summed E-state index contributed by atoms with van der Waals surface area (Å²) >= 11 is 0. The molecule has 0 bridgehead atoms. The Balaban J connectivity index is 1.77. The molecule has 0 saturated heterocycles. The van der Waals surface area contributed by atoms with E-state index in [4.69, 9.17) is 4.74 Å². The van der Waals surface area contributed by atoms with Gasteiger partial charge in [-0.25, -0.2) is 0 Å². The molecule has 0 amide bonds. The van der Waals surface area contributed by atoms with Gasteiger partial charge in [0, 0.05) is 6.54 Å². The fourth-order valence-corrected chi connectivity index (χ4v) is 1.76. The largest absolute Gasteiger partial charge is 0.494 e. The van der Waals surface area contributed by atoms with E-state index in [1.54, 1.807) is 0 Å². The second-order valence-corrected chi connectivity index (χ2v) is 4.51. The lowest BCUT2D eigenvalue weighted by Crippen LogP contribution is -2.11. The molecule has 2 rings (SSSR count). The first-order valence-electron chi connectivity index (χ1n) is 6.31. The van der Waals surface area contributed by atoms with Crippen LogP contribution in [0, 0.1) is 5.92 Å². The maximum absolute atomic E-state index is 5.75. The quantitative estimate of drug-likeness (QED) is 0.761. The molecule has 16 heavy (non-hydrogen) atoms. The molecule has 0 aromatic heterocycles. The molecule has 2 heteroatoms. The highest BCUT2D eigenvalue weighted by molar-refractivity contribution is 5.28. The van der Waals surface area contributed by atoms with Crippen LogP contribution in [-0.2, 0) is 6.54 Å². The minimum atomic E-state index is 0.870. The van der Waals surface area contributed by atoms with E-state index in [9.17, 15) is 0 Å². The Bertz CT molecular complexity index is 320. The molecular weight excluding hydrogens is 198 g/mol. The summed E-state index contributed by atoms with van der Waals surface area (Å²) < 4.78 is 5.75. The Morgan fingerprint density at radius 3 is 3.00 bits per heavy atom. The average molecular weight is 219 g/mol. The van der Waals surface area contributed by atoms with E-state index in [1.165, 1.54) is 24.8 Å². The lowest BCUT2D eigenvalue weighted by Gasteiger charge is -2.08. The van der Waals surface area contributed by atoms with Gasteiger partial charge >= 0.3 is 0 Å². The molecule has 1 fully saturated rings. The lowest BCUT2D eigenvalue weighted by atomic mass is 10.2. The summed E-state index contributed by atoms with van der Waals surface area (Å²) in [6.45, 7) is 4.93. The van der Waals surface area contributed by atoms with E-state index in [1.807, 2.05) is 6.07 Å². The predicted octanol–water partition coefficient (Wildman–Crippen LogP) is 2.98. The molecule has 1 aliphatic rings. The summed E-state index contributed by atoms with van der Waals surface area (Å²) in [5.41, 5.74) is 1.30. The molecule has 0 heterocycles. The van der Waals surface area contributed by atoms with Gasteiger partial charge in [-0.15, -0.1) is 0 Å². The summed E-state index contributed by atoms with van der Waals surface area (Å²) in [5.74, 6) is 1.96. The highest BCUT2D eigenvalue weighted by Gasteiger charge is 2.20. The van der Waals surface area contributed by atoms with E-state index in [0.717, 1.165) is 31.4 Å². The van der Waals surface area contributed by atoms with E-state index >= 15 is 0 Å². The standard InChI is InChI=1S/C14H21NO/c1-2-15-11-13-4-3-5-14(10-13)16-9-8-12-6-7-12/h3-5,10,12,15H,2,6-9,11H2,1H3. The Morgan fingerprint density at radius 2 is 2.25 bits per heavy atom. The second-order valence-electron chi connectivity index (χ2n) is 4.51. The van der Waals surface area contributed by atoms with Gasteiger partial charge in [0.1, 0.15) is 5.75 Å². The van der Waals surface area contributed by atoms with Gasteiger partial charge in [-0.05, 0) is 36.6 Å². The van der Waals surface area contributed by atoms with Gasteiger partial charge in [-0.3, -0.25) is 0 Å². The van der Waals surface area contributed by atoms with Crippen LogP contribution in [0.25, 0.3) is 0 Å². The Kier molecular flexibility index (Phi) is 4.23. The van der Waals surface area contributed by atoms with Crippen LogP contribution in [0.5, 0.6) is 5.75 Å². The first-order valence-corrected chi connectivity index (χ1v) is 6.31. The fraction of sp³-hybridized carbons (Fsp3) is 0.571. The van der Waals surface area contributed by atoms with Crippen molar-refractivity contribution in [2.24, 2.45) is 5.92 Å². The van der Waals surface area contributed by atoms with Crippen molar-refractivity contribution in [3.05, 3.63) is 29.8 Å². The van der Waals surface area contributed by atoms with Crippen LogP contribution in [0.4, 0.5) is 0 Å². The highest BCUT2D eigenvalue weighted by Crippen LogP contribution is 2.32. The van der Waals surface area contributed by atoms with Crippen molar-refractivity contribution in [3.63, 3.8) is 0 Å². The zero-order valence-electron chi connectivity index (χ0n) is 10.0. The topological polar surface area (TPSA) is 21.3 Å². The van der Waals surface area contributed by atoms with Gasteiger partial charge < -0.3 is 10.1 Å². The Hall–Kier alpha value is -1.02. The van der Waals surface area contributed by atoms with Gasteiger partial charge in [-0.2, -0.15) is 0 Å². The summed E-state index contributed by atoms with van der Waals surface area (Å²) in [6, 6.07) is 8.38. The van der Waals surface area contributed by atoms with Crippen LogP contribution < -0.4 is 10.1 Å². The van der Waals surface area contributed by atoms with Gasteiger partial charge in [0.05, 0.1) is 6.61 Å². The van der Waals surface area contributed by atoms with E-state index in [-0.39, 0.29) is 0 Å². The summed E-state index contributed by atoms with van der Waals surface area (Å²) in [7, 11) is 0. The van der Waals surface area contributed by atoms with E-state index in [2.05, 4.69) is 30.4 Å². The molecule has 1 aliphatic carbocycles. The summed E-state index contributed by atoms with van der Waals surface area (Å²) in [4.78, 5) is 0. The van der Waals surface area contributed by atoms with Crippen LogP contribution >= 0.6 is 0 Å². The summed E-state index contributed by atoms with van der Waals surface area (Å²) in [6.07, 6.45) is 4.03. The lowest BCUT2D eigenvalue weighted by molar-refractivity contribution is 0.302. The monoisotopic (exact) mass is 219 g/mol. The van der Waals surface area contributed by atoms with Crippen molar-refractivity contribution in [1.82, 2.24) is 5.32 Å². The minimum Gasteiger partial charge on any atom is -0.494 e. The highest BCUT2D eigenvalue weighted by atomic mass is 16.5. The fourth-order valence-electron chi connectivity index (χ4n) is 1.76. The molecule has 2 nitrogen and oxygen atoms in total. The molecular formula is C14H21NO. The molecule has 1 aromatic rings. The number of nitrogens with one attached hydrogen (secondary N) is 1. The van der Waals surface area contributed by atoms with Gasteiger partial charge in [0.2, 0.25) is 0 Å². The molecule has 1 saturated carbocycles. The number of ether oxygens (including phenoxy) is 1. The smallest absolute Gasteiger partial charge is 0.119 e. The number of rotatable bonds is 7. The third-order valence-corrected chi connectivity index (χ3v) is 2.97.